The van der Waals surface area contributed by atoms with Gasteiger partial charge in [-0.2, -0.15) is 4.98 Å². The molecule has 0 fully saturated rings. The molecule has 2 aromatic rings. The van der Waals surface area contributed by atoms with Crippen LogP contribution >= 0.6 is 0 Å². The molecule has 0 aliphatic carbocycles. The van der Waals surface area contributed by atoms with Gasteiger partial charge in [0.05, 0.1) is 0 Å². The van der Waals surface area contributed by atoms with Crippen LogP contribution in [0.3, 0.4) is 0 Å². The van der Waals surface area contributed by atoms with Gasteiger partial charge < -0.3 is 9.52 Å². The summed E-state index contributed by atoms with van der Waals surface area (Å²) < 4.78 is 5.29. The smallest absolute Gasteiger partial charge is 0.354 e. The number of hydrogen-bond donors (Lipinski definition) is 1. The van der Waals surface area contributed by atoms with Crippen molar-refractivity contribution in [1.29, 1.82) is 0 Å². The number of pyridine rings is 1. The maximum Gasteiger partial charge on any atom is 0.354 e. The zero-order chi connectivity index (χ0) is 10.1. The molecule has 2 heterocycles. The monoisotopic (exact) mass is 192 g/mol. The Morgan fingerprint density at radius 3 is 2.93 bits per heavy atom. The molecule has 0 spiro atoms. The van der Waals surface area contributed by atoms with Crippen LogP contribution in [0, 0.1) is 0 Å². The Morgan fingerprint density at radius 1 is 1.50 bits per heavy atom. The lowest BCUT2D eigenvalue weighted by Crippen LogP contribution is -1.99. The third-order valence-electron chi connectivity index (χ3n) is 1.82. The molecule has 0 saturated carbocycles. The largest absolute Gasteiger partial charge is 0.477 e. The third kappa shape index (κ3) is 1.32. The van der Waals surface area contributed by atoms with Crippen LogP contribution < -0.4 is 0 Å². The van der Waals surface area contributed by atoms with E-state index in [1.54, 1.807) is 6.07 Å². The number of hydrogen-bond acceptors (Lipinski definition) is 4. The highest BCUT2D eigenvalue weighted by Gasteiger charge is 2.09. The molecule has 0 aliphatic rings. The number of fused-ring (bicyclic) bond motifs is 1. The summed E-state index contributed by atoms with van der Waals surface area (Å²) in [5.74, 6) is -0.497. The molecule has 0 atom stereocenters. The van der Waals surface area contributed by atoms with Crippen LogP contribution in [0.4, 0.5) is 0 Å². The highest BCUT2D eigenvalue weighted by molar-refractivity contribution is 5.87. The second-order valence-corrected chi connectivity index (χ2v) is 2.78. The van der Waals surface area contributed by atoms with E-state index in [1.807, 2.05) is 6.92 Å². The molecule has 1 N–H and O–H groups in total. The quantitative estimate of drug-likeness (QED) is 0.779. The molecule has 14 heavy (non-hydrogen) atoms. The predicted octanol–water partition coefficient (Wildman–Crippen LogP) is 1.48. The first-order valence-electron chi connectivity index (χ1n) is 4.20. The van der Waals surface area contributed by atoms with Crippen molar-refractivity contribution in [3.05, 3.63) is 23.7 Å². The predicted molar refractivity (Wildman–Crippen MR) is 48.1 cm³/mol. The maximum absolute atomic E-state index is 10.6. The van der Waals surface area contributed by atoms with E-state index in [2.05, 4.69) is 9.97 Å². The highest BCUT2D eigenvalue weighted by atomic mass is 16.4. The Balaban J connectivity index is 2.59. The number of rotatable bonds is 2. The van der Waals surface area contributed by atoms with Crippen molar-refractivity contribution in [2.45, 2.75) is 13.3 Å². The Morgan fingerprint density at radius 2 is 2.29 bits per heavy atom. The summed E-state index contributed by atoms with van der Waals surface area (Å²) in [5, 5.41) is 8.69. The second-order valence-electron chi connectivity index (χ2n) is 2.78. The van der Waals surface area contributed by atoms with Crippen molar-refractivity contribution < 1.29 is 14.3 Å². The molecule has 72 valence electrons. The van der Waals surface area contributed by atoms with E-state index in [1.165, 1.54) is 6.07 Å². The molecule has 0 radical (unpaired) electrons. The molecular formula is C9H8N2O3. The Labute approximate surface area is 79.4 Å². The average molecular weight is 192 g/mol. The molecule has 0 amide bonds. The Kier molecular flexibility index (Phi) is 1.92. The minimum atomic E-state index is -1.06. The van der Waals surface area contributed by atoms with Crippen molar-refractivity contribution in [2.24, 2.45) is 0 Å². The number of carbonyl (C=O) groups is 1. The van der Waals surface area contributed by atoms with Gasteiger partial charge in [-0.25, -0.2) is 9.78 Å². The molecular weight excluding hydrogens is 184 g/mol. The van der Waals surface area contributed by atoms with Crippen LogP contribution in [0.1, 0.15) is 23.3 Å². The molecule has 0 aromatic carbocycles. The number of aryl methyl sites for hydroxylation is 1. The van der Waals surface area contributed by atoms with E-state index in [0.717, 1.165) is 0 Å². The molecule has 0 unspecified atom stereocenters. The van der Waals surface area contributed by atoms with Crippen LogP contribution in [0.15, 0.2) is 16.5 Å². The van der Waals surface area contributed by atoms with Gasteiger partial charge in [-0.1, -0.05) is 6.92 Å². The van der Waals surface area contributed by atoms with Gasteiger partial charge in [-0.05, 0) is 12.1 Å². The zero-order valence-corrected chi connectivity index (χ0v) is 7.52. The fourth-order valence-electron chi connectivity index (χ4n) is 1.13. The minimum absolute atomic E-state index is 0.0200. The fourth-order valence-corrected chi connectivity index (χ4v) is 1.13. The van der Waals surface area contributed by atoms with Gasteiger partial charge in [0.15, 0.2) is 22.8 Å². The summed E-state index contributed by atoms with van der Waals surface area (Å²) in [7, 11) is 0. The summed E-state index contributed by atoms with van der Waals surface area (Å²) in [4.78, 5) is 18.5. The first-order chi connectivity index (χ1) is 6.70. The second kappa shape index (κ2) is 3.10. The van der Waals surface area contributed by atoms with Gasteiger partial charge in [-0.3, -0.25) is 0 Å². The van der Waals surface area contributed by atoms with Gasteiger partial charge in [0, 0.05) is 6.42 Å². The van der Waals surface area contributed by atoms with Crippen LogP contribution in [0.2, 0.25) is 0 Å². The summed E-state index contributed by atoms with van der Waals surface area (Å²) in [6, 6.07) is 2.97. The van der Waals surface area contributed by atoms with Gasteiger partial charge in [-0.15, -0.1) is 0 Å². The van der Waals surface area contributed by atoms with Crippen molar-refractivity contribution in [3.8, 4) is 0 Å². The van der Waals surface area contributed by atoms with Crippen molar-refractivity contribution in [2.75, 3.05) is 0 Å². The first-order valence-corrected chi connectivity index (χ1v) is 4.20. The Bertz CT molecular complexity index is 490. The van der Waals surface area contributed by atoms with E-state index in [4.69, 9.17) is 9.52 Å². The molecule has 5 nitrogen and oxygen atoms in total. The van der Waals surface area contributed by atoms with Crippen LogP contribution in [-0.2, 0) is 6.42 Å². The lowest BCUT2D eigenvalue weighted by Gasteiger charge is -1.90. The van der Waals surface area contributed by atoms with Crippen molar-refractivity contribution in [1.82, 2.24) is 9.97 Å². The van der Waals surface area contributed by atoms with Crippen molar-refractivity contribution in [3.63, 3.8) is 0 Å². The summed E-state index contributed by atoms with van der Waals surface area (Å²) in [6.45, 7) is 1.91. The summed E-state index contributed by atoms with van der Waals surface area (Å²) in [5.41, 5.74) is 0.849. The normalized spacial score (nSPS) is 10.6. The van der Waals surface area contributed by atoms with Crippen LogP contribution in [0.25, 0.3) is 11.2 Å². The van der Waals surface area contributed by atoms with Gasteiger partial charge >= 0.3 is 5.97 Å². The number of carboxylic acids is 1. The summed E-state index contributed by atoms with van der Waals surface area (Å²) in [6.07, 6.45) is 0.665. The van der Waals surface area contributed by atoms with Gasteiger partial charge in [0.25, 0.3) is 0 Å². The van der Waals surface area contributed by atoms with E-state index >= 15 is 0 Å². The van der Waals surface area contributed by atoms with E-state index < -0.39 is 5.97 Å². The van der Waals surface area contributed by atoms with Crippen LogP contribution in [0.5, 0.6) is 0 Å². The zero-order valence-electron chi connectivity index (χ0n) is 7.52. The highest BCUT2D eigenvalue weighted by Crippen LogP contribution is 2.14. The lowest BCUT2D eigenvalue weighted by atomic mass is 10.3. The number of nitrogens with zero attached hydrogens (tertiary/aromatic N) is 2. The Hall–Kier alpha value is -1.91. The molecule has 2 rings (SSSR count). The third-order valence-corrected chi connectivity index (χ3v) is 1.82. The first kappa shape index (κ1) is 8.68. The standard InChI is InChI=1S/C9H8N2O3/c1-2-7-11-8-6(14-7)4-3-5(10-8)9(12)13/h3-4H,2H2,1H3,(H,12,13). The topological polar surface area (TPSA) is 76.2 Å². The molecule has 0 aliphatic heterocycles. The van der Waals surface area contributed by atoms with Gasteiger partial charge in [0.2, 0.25) is 0 Å². The number of aromatic nitrogens is 2. The lowest BCUT2D eigenvalue weighted by molar-refractivity contribution is 0.0691. The number of aromatic carboxylic acids is 1. The average Bonchev–Trinajstić information content (AvgIpc) is 2.58. The van der Waals surface area contributed by atoms with Gasteiger partial charge in [0.1, 0.15) is 0 Å². The maximum atomic E-state index is 10.6. The number of carboxylic acid groups (broad SMARTS) is 1. The minimum Gasteiger partial charge on any atom is -0.477 e. The van der Waals surface area contributed by atoms with E-state index in [0.29, 0.717) is 23.5 Å². The number of oxazole rings is 1. The molecule has 0 saturated heterocycles. The fraction of sp³-hybridized carbons (Fsp3) is 0.222. The summed E-state index contributed by atoms with van der Waals surface area (Å²) >= 11 is 0. The molecule has 5 heteroatoms. The van der Waals surface area contributed by atoms with E-state index in [9.17, 15) is 4.79 Å². The van der Waals surface area contributed by atoms with E-state index in [-0.39, 0.29) is 5.69 Å². The van der Waals surface area contributed by atoms with Crippen LogP contribution in [-0.4, -0.2) is 21.0 Å². The molecule has 2 aromatic heterocycles. The van der Waals surface area contributed by atoms with Crippen molar-refractivity contribution >= 4 is 17.2 Å². The molecule has 0 bridgehead atoms. The SMILES string of the molecule is CCc1nc2nc(C(=O)O)ccc2o1.